The normalized spacial score (nSPS) is 11.8. The maximum atomic E-state index is 4.50. The van der Waals surface area contributed by atoms with Gasteiger partial charge in [-0.05, 0) is 31.5 Å². The summed E-state index contributed by atoms with van der Waals surface area (Å²) < 4.78 is 1.17. The maximum absolute atomic E-state index is 4.50. The van der Waals surface area contributed by atoms with Crippen LogP contribution < -0.4 is 5.43 Å². The Morgan fingerprint density at radius 3 is 2.65 bits per heavy atom. The van der Waals surface area contributed by atoms with Crippen molar-refractivity contribution in [1.82, 2.24) is 4.98 Å². The molecule has 0 spiro atoms. The van der Waals surface area contributed by atoms with Crippen LogP contribution in [0.5, 0.6) is 0 Å². The smallest absolute Gasteiger partial charge is 0.204 e. The van der Waals surface area contributed by atoms with E-state index in [2.05, 4.69) is 40.6 Å². The van der Waals surface area contributed by atoms with Gasteiger partial charge in [0.1, 0.15) is 0 Å². The van der Waals surface area contributed by atoms with Crippen molar-refractivity contribution in [1.29, 1.82) is 0 Å². The molecule has 1 aromatic heterocycles. The molecule has 0 atom stereocenters. The standard InChI is InChI=1S/C16H15N3S/c1-11-7-3-4-8-13(11)12(2)18-19-16-17-14-9-5-6-10-15(14)20-16/h3-10H,1-2H3,(H,17,19)/b18-12-. The van der Waals surface area contributed by atoms with Crippen LogP contribution in [-0.4, -0.2) is 10.7 Å². The third-order valence-electron chi connectivity index (χ3n) is 3.15. The van der Waals surface area contributed by atoms with E-state index in [4.69, 9.17) is 0 Å². The predicted octanol–water partition coefficient (Wildman–Crippen LogP) is 4.44. The second-order valence-electron chi connectivity index (χ2n) is 4.61. The van der Waals surface area contributed by atoms with E-state index in [1.54, 1.807) is 11.3 Å². The van der Waals surface area contributed by atoms with Gasteiger partial charge in [-0.15, -0.1) is 0 Å². The number of hydrogen-bond acceptors (Lipinski definition) is 4. The summed E-state index contributed by atoms with van der Waals surface area (Å²) in [7, 11) is 0. The summed E-state index contributed by atoms with van der Waals surface area (Å²) in [5.41, 5.74) is 7.39. The quantitative estimate of drug-likeness (QED) is 0.569. The Balaban J connectivity index is 1.84. The number of rotatable bonds is 3. The van der Waals surface area contributed by atoms with Crippen LogP contribution in [0.15, 0.2) is 53.6 Å². The van der Waals surface area contributed by atoms with Crippen LogP contribution in [0.2, 0.25) is 0 Å². The number of hydrazone groups is 1. The number of benzene rings is 2. The Kier molecular flexibility index (Phi) is 3.48. The zero-order valence-corrected chi connectivity index (χ0v) is 12.2. The van der Waals surface area contributed by atoms with Gasteiger partial charge in [0.05, 0.1) is 15.9 Å². The van der Waals surface area contributed by atoms with Gasteiger partial charge in [0.15, 0.2) is 0 Å². The number of nitrogens with zero attached hydrogens (tertiary/aromatic N) is 2. The molecule has 0 unspecified atom stereocenters. The molecule has 0 amide bonds. The van der Waals surface area contributed by atoms with Gasteiger partial charge in [-0.1, -0.05) is 47.7 Å². The van der Waals surface area contributed by atoms with Crippen LogP contribution >= 0.6 is 11.3 Å². The highest BCUT2D eigenvalue weighted by Crippen LogP contribution is 2.25. The lowest BCUT2D eigenvalue weighted by Crippen LogP contribution is -2.01. The molecule has 100 valence electrons. The third kappa shape index (κ3) is 2.56. The summed E-state index contributed by atoms with van der Waals surface area (Å²) in [5.74, 6) is 0. The van der Waals surface area contributed by atoms with Crippen molar-refractivity contribution < 1.29 is 0 Å². The molecule has 0 aliphatic rings. The topological polar surface area (TPSA) is 37.3 Å². The molecule has 0 bridgehead atoms. The van der Waals surface area contributed by atoms with Crippen molar-refractivity contribution in [2.75, 3.05) is 5.43 Å². The maximum Gasteiger partial charge on any atom is 0.204 e. The van der Waals surface area contributed by atoms with E-state index in [0.717, 1.165) is 21.9 Å². The average molecular weight is 281 g/mol. The second kappa shape index (κ2) is 5.43. The lowest BCUT2D eigenvalue weighted by atomic mass is 10.1. The lowest BCUT2D eigenvalue weighted by molar-refractivity contribution is 1.28. The monoisotopic (exact) mass is 281 g/mol. The molecule has 3 rings (SSSR count). The Bertz CT molecular complexity index is 741. The first-order valence-electron chi connectivity index (χ1n) is 6.46. The number of fused-ring (bicyclic) bond motifs is 1. The Hall–Kier alpha value is -2.20. The first-order chi connectivity index (χ1) is 9.74. The van der Waals surface area contributed by atoms with Crippen LogP contribution in [0, 0.1) is 6.92 Å². The van der Waals surface area contributed by atoms with Crippen molar-refractivity contribution >= 4 is 32.4 Å². The molecule has 3 aromatic rings. The molecule has 0 fully saturated rings. The zero-order chi connectivity index (χ0) is 13.9. The van der Waals surface area contributed by atoms with Gasteiger partial charge in [-0.3, -0.25) is 5.43 Å². The highest BCUT2D eigenvalue weighted by atomic mass is 32.1. The van der Waals surface area contributed by atoms with E-state index in [1.165, 1.54) is 10.3 Å². The molecule has 0 radical (unpaired) electrons. The highest BCUT2D eigenvalue weighted by Gasteiger charge is 2.03. The van der Waals surface area contributed by atoms with E-state index in [-0.39, 0.29) is 0 Å². The zero-order valence-electron chi connectivity index (χ0n) is 11.4. The SMILES string of the molecule is C/C(=N/Nc1nc2ccccc2s1)c1ccccc1C. The molecule has 1 N–H and O–H groups in total. The number of hydrogen-bond donors (Lipinski definition) is 1. The first-order valence-corrected chi connectivity index (χ1v) is 7.27. The summed E-state index contributed by atoms with van der Waals surface area (Å²) >= 11 is 1.61. The largest absolute Gasteiger partial charge is 0.252 e. The van der Waals surface area contributed by atoms with Crippen LogP contribution in [0.25, 0.3) is 10.2 Å². The molecule has 0 saturated heterocycles. The van der Waals surface area contributed by atoms with Crippen LogP contribution in [0.4, 0.5) is 5.13 Å². The van der Waals surface area contributed by atoms with Gasteiger partial charge >= 0.3 is 0 Å². The van der Waals surface area contributed by atoms with E-state index in [9.17, 15) is 0 Å². The van der Waals surface area contributed by atoms with E-state index >= 15 is 0 Å². The van der Waals surface area contributed by atoms with Crippen molar-refractivity contribution in [2.24, 2.45) is 5.10 Å². The summed E-state index contributed by atoms with van der Waals surface area (Å²) in [5, 5.41) is 5.25. The molecular weight excluding hydrogens is 266 g/mol. The third-order valence-corrected chi connectivity index (χ3v) is 4.09. The van der Waals surface area contributed by atoms with Gasteiger partial charge in [-0.25, -0.2) is 4.98 Å². The number of para-hydroxylation sites is 1. The molecular formula is C16H15N3S. The van der Waals surface area contributed by atoms with Crippen LogP contribution in [0.3, 0.4) is 0 Å². The molecule has 4 heteroatoms. The lowest BCUT2D eigenvalue weighted by Gasteiger charge is -2.04. The van der Waals surface area contributed by atoms with Crippen molar-refractivity contribution in [2.45, 2.75) is 13.8 Å². The van der Waals surface area contributed by atoms with Gasteiger partial charge in [0.25, 0.3) is 0 Å². The molecule has 0 aliphatic carbocycles. The first kappa shape index (κ1) is 12.8. The van der Waals surface area contributed by atoms with E-state index in [1.807, 2.05) is 37.3 Å². The second-order valence-corrected chi connectivity index (χ2v) is 5.64. The van der Waals surface area contributed by atoms with Gasteiger partial charge in [0.2, 0.25) is 5.13 Å². The number of anilines is 1. The summed E-state index contributed by atoms with van der Waals surface area (Å²) in [6, 6.07) is 16.3. The summed E-state index contributed by atoms with van der Waals surface area (Å²) in [6.07, 6.45) is 0. The molecule has 2 aromatic carbocycles. The minimum atomic E-state index is 0.819. The fraction of sp³-hybridized carbons (Fsp3) is 0.125. The minimum absolute atomic E-state index is 0.819. The van der Waals surface area contributed by atoms with Gasteiger partial charge in [0, 0.05) is 5.56 Å². The fourth-order valence-corrected chi connectivity index (χ4v) is 2.90. The van der Waals surface area contributed by atoms with Crippen molar-refractivity contribution in [3.8, 4) is 0 Å². The number of thiazole rings is 1. The van der Waals surface area contributed by atoms with E-state index in [0.29, 0.717) is 0 Å². The Labute approximate surface area is 122 Å². The number of aryl methyl sites for hydroxylation is 1. The fourth-order valence-electron chi connectivity index (χ4n) is 2.09. The summed E-state index contributed by atoms with van der Waals surface area (Å²) in [4.78, 5) is 4.50. The molecule has 3 nitrogen and oxygen atoms in total. The number of aromatic nitrogens is 1. The number of nitrogens with one attached hydrogen (secondary N) is 1. The molecule has 1 heterocycles. The summed E-state index contributed by atoms with van der Waals surface area (Å²) in [6.45, 7) is 4.09. The minimum Gasteiger partial charge on any atom is -0.252 e. The molecule has 0 saturated carbocycles. The van der Waals surface area contributed by atoms with Gasteiger partial charge < -0.3 is 0 Å². The van der Waals surface area contributed by atoms with Gasteiger partial charge in [-0.2, -0.15) is 5.10 Å². The van der Waals surface area contributed by atoms with E-state index < -0.39 is 0 Å². The highest BCUT2D eigenvalue weighted by molar-refractivity contribution is 7.22. The van der Waals surface area contributed by atoms with Crippen LogP contribution in [-0.2, 0) is 0 Å². The Morgan fingerprint density at radius 2 is 1.85 bits per heavy atom. The van der Waals surface area contributed by atoms with Crippen molar-refractivity contribution in [3.63, 3.8) is 0 Å². The predicted molar refractivity (Wildman–Crippen MR) is 86.6 cm³/mol. The van der Waals surface area contributed by atoms with Crippen molar-refractivity contribution in [3.05, 3.63) is 59.7 Å². The average Bonchev–Trinajstić information content (AvgIpc) is 2.88. The Morgan fingerprint density at radius 1 is 1.10 bits per heavy atom. The van der Waals surface area contributed by atoms with Crippen LogP contribution in [0.1, 0.15) is 18.1 Å². The molecule has 20 heavy (non-hydrogen) atoms. The molecule has 0 aliphatic heterocycles.